The van der Waals surface area contributed by atoms with E-state index in [1.165, 1.54) is 11.8 Å². The number of nitrogens with zero attached hydrogens (tertiary/aromatic N) is 1. The molecule has 0 radical (unpaired) electrons. The molecular weight excluding hydrogens is 306 g/mol. The maximum Gasteiger partial charge on any atom is 0.319 e. The number of aliphatic carboxylic acids is 1. The number of hydrogen-bond acceptors (Lipinski definition) is 3. The van der Waals surface area contributed by atoms with Crippen LogP contribution < -0.4 is 0 Å². The van der Waals surface area contributed by atoms with E-state index in [1.807, 2.05) is 30.3 Å². The third kappa shape index (κ3) is 3.08. The molecule has 1 aromatic heterocycles. The Morgan fingerprint density at radius 1 is 1.00 bits per heavy atom. The number of carboxylic acids is 1. The van der Waals surface area contributed by atoms with E-state index in [2.05, 4.69) is 29.2 Å². The summed E-state index contributed by atoms with van der Waals surface area (Å²) in [5.74, 6) is -0.850. The van der Waals surface area contributed by atoms with Crippen molar-refractivity contribution in [2.75, 3.05) is 0 Å². The molecule has 23 heavy (non-hydrogen) atoms. The molecule has 0 amide bonds. The van der Waals surface area contributed by atoms with E-state index >= 15 is 0 Å². The van der Waals surface area contributed by atoms with Crippen LogP contribution in [0.15, 0.2) is 65.8 Å². The number of rotatable bonds is 4. The number of hydrogen-bond donors (Lipinski definition) is 1. The predicted octanol–water partition coefficient (Wildman–Crippen LogP) is 4.86. The van der Waals surface area contributed by atoms with Gasteiger partial charge in [-0.2, -0.15) is 0 Å². The molecule has 3 rings (SSSR count). The maximum absolute atomic E-state index is 11.4. The number of carbonyl (C=O) groups is 1. The molecule has 116 valence electrons. The van der Waals surface area contributed by atoms with Crippen LogP contribution in [0.2, 0.25) is 0 Å². The Morgan fingerprint density at radius 3 is 2.48 bits per heavy atom. The van der Waals surface area contributed by atoms with Gasteiger partial charge in [-0.15, -0.1) is 0 Å². The fraction of sp³-hybridized carbons (Fsp3) is 0.158. The molecule has 1 heterocycles. The summed E-state index contributed by atoms with van der Waals surface area (Å²) in [6.07, 6.45) is 1.70. The summed E-state index contributed by atoms with van der Waals surface area (Å²) in [5, 5.41) is 12.4. The molecular formula is C19H17NO2S. The topological polar surface area (TPSA) is 50.2 Å². The first kappa shape index (κ1) is 15.6. The minimum Gasteiger partial charge on any atom is -0.480 e. The number of benzene rings is 2. The van der Waals surface area contributed by atoms with Crippen LogP contribution in [-0.2, 0) is 4.79 Å². The highest BCUT2D eigenvalue weighted by Gasteiger charge is 2.30. The Kier molecular flexibility index (Phi) is 4.09. The molecule has 0 atom stereocenters. The van der Waals surface area contributed by atoms with Crippen molar-refractivity contribution in [2.24, 2.45) is 0 Å². The summed E-state index contributed by atoms with van der Waals surface area (Å²) < 4.78 is -0.937. The highest BCUT2D eigenvalue weighted by atomic mass is 32.2. The molecule has 4 heteroatoms. The van der Waals surface area contributed by atoms with Crippen LogP contribution in [0, 0.1) is 0 Å². The smallest absolute Gasteiger partial charge is 0.319 e. The first-order valence-electron chi connectivity index (χ1n) is 7.34. The van der Waals surface area contributed by atoms with Crippen LogP contribution in [0.25, 0.3) is 21.9 Å². The minimum absolute atomic E-state index is 0.733. The lowest BCUT2D eigenvalue weighted by atomic mass is 10.00. The van der Waals surface area contributed by atoms with Gasteiger partial charge in [-0.3, -0.25) is 4.79 Å². The molecule has 0 unspecified atom stereocenters. The Balaban J connectivity index is 2.15. The molecule has 0 saturated heterocycles. The van der Waals surface area contributed by atoms with E-state index in [9.17, 15) is 9.90 Å². The van der Waals surface area contributed by atoms with Gasteiger partial charge in [0.15, 0.2) is 0 Å². The fourth-order valence-electron chi connectivity index (χ4n) is 2.42. The zero-order valence-corrected chi connectivity index (χ0v) is 13.8. The summed E-state index contributed by atoms with van der Waals surface area (Å²) in [6, 6.07) is 18.2. The second-order valence-electron chi connectivity index (χ2n) is 5.80. The van der Waals surface area contributed by atoms with Crippen LogP contribution in [0.4, 0.5) is 0 Å². The molecule has 0 aliphatic rings. The molecule has 3 aromatic rings. The van der Waals surface area contributed by atoms with Crippen molar-refractivity contribution in [3.63, 3.8) is 0 Å². The van der Waals surface area contributed by atoms with Crippen molar-refractivity contribution in [1.82, 2.24) is 4.98 Å². The Hall–Kier alpha value is -2.33. The lowest BCUT2D eigenvalue weighted by molar-refractivity contribution is -0.138. The fourth-order valence-corrected chi connectivity index (χ4v) is 3.39. The minimum atomic E-state index is -0.937. The highest BCUT2D eigenvalue weighted by Crippen LogP contribution is 2.39. The van der Waals surface area contributed by atoms with Crippen LogP contribution in [-0.4, -0.2) is 20.8 Å². The molecule has 3 nitrogen and oxygen atoms in total. The second kappa shape index (κ2) is 6.05. The van der Waals surface area contributed by atoms with Gasteiger partial charge in [0, 0.05) is 11.8 Å². The second-order valence-corrected chi connectivity index (χ2v) is 7.41. The predicted molar refractivity (Wildman–Crippen MR) is 94.8 cm³/mol. The van der Waals surface area contributed by atoms with E-state index in [0.29, 0.717) is 0 Å². The Labute approximate surface area is 139 Å². The maximum atomic E-state index is 11.4. The van der Waals surface area contributed by atoms with Gasteiger partial charge >= 0.3 is 5.97 Å². The Bertz CT molecular complexity index is 869. The van der Waals surface area contributed by atoms with Crippen molar-refractivity contribution < 1.29 is 9.90 Å². The van der Waals surface area contributed by atoms with Gasteiger partial charge in [0.1, 0.15) is 9.77 Å². The number of aromatic nitrogens is 1. The Morgan fingerprint density at radius 2 is 1.70 bits per heavy atom. The standard InChI is InChI=1S/C19H17NO2S/c1-19(2,18(21)22)23-17-16(11-6-12-20-17)15-10-5-8-13-7-3-4-9-14(13)15/h3-12H,1-2H3,(H,21,22). The molecule has 0 aliphatic heterocycles. The van der Waals surface area contributed by atoms with Gasteiger partial charge in [-0.25, -0.2) is 4.98 Å². The average molecular weight is 323 g/mol. The normalized spacial score (nSPS) is 11.6. The summed E-state index contributed by atoms with van der Waals surface area (Å²) in [6.45, 7) is 3.39. The van der Waals surface area contributed by atoms with Crippen molar-refractivity contribution in [3.8, 4) is 11.1 Å². The van der Waals surface area contributed by atoms with Crippen LogP contribution in [0.3, 0.4) is 0 Å². The summed E-state index contributed by atoms with van der Waals surface area (Å²) in [4.78, 5) is 15.9. The third-order valence-electron chi connectivity index (χ3n) is 3.72. The average Bonchev–Trinajstić information content (AvgIpc) is 2.54. The SMILES string of the molecule is CC(C)(Sc1ncccc1-c1cccc2ccccc12)C(=O)O. The number of thioether (sulfide) groups is 1. The van der Waals surface area contributed by atoms with Gasteiger partial charge in [0.25, 0.3) is 0 Å². The first-order chi connectivity index (χ1) is 11.0. The molecule has 0 fully saturated rings. The van der Waals surface area contributed by atoms with Crippen molar-refractivity contribution in [3.05, 3.63) is 60.8 Å². The quantitative estimate of drug-likeness (QED) is 0.697. The zero-order valence-electron chi connectivity index (χ0n) is 13.0. The molecule has 0 aliphatic carbocycles. The molecule has 1 N–H and O–H groups in total. The lowest BCUT2D eigenvalue weighted by Gasteiger charge is -2.20. The van der Waals surface area contributed by atoms with Gasteiger partial charge in [-0.05, 0) is 36.2 Å². The van der Waals surface area contributed by atoms with Crippen molar-refractivity contribution in [2.45, 2.75) is 23.6 Å². The van der Waals surface area contributed by atoms with Crippen molar-refractivity contribution in [1.29, 1.82) is 0 Å². The van der Waals surface area contributed by atoms with Gasteiger partial charge in [0.05, 0.1) is 0 Å². The van der Waals surface area contributed by atoms with E-state index in [4.69, 9.17) is 0 Å². The number of pyridine rings is 1. The van der Waals surface area contributed by atoms with Crippen LogP contribution in [0.1, 0.15) is 13.8 Å². The van der Waals surface area contributed by atoms with E-state index < -0.39 is 10.7 Å². The lowest BCUT2D eigenvalue weighted by Crippen LogP contribution is -2.27. The largest absolute Gasteiger partial charge is 0.480 e. The molecule has 0 spiro atoms. The van der Waals surface area contributed by atoms with Gasteiger partial charge in [-0.1, -0.05) is 60.3 Å². The molecule has 0 bridgehead atoms. The third-order valence-corrected chi connectivity index (χ3v) is 4.92. The van der Waals surface area contributed by atoms with Gasteiger partial charge in [0.2, 0.25) is 0 Å². The molecule has 2 aromatic carbocycles. The number of carboxylic acid groups (broad SMARTS) is 1. The number of fused-ring (bicyclic) bond motifs is 1. The highest BCUT2D eigenvalue weighted by molar-refractivity contribution is 8.01. The van der Waals surface area contributed by atoms with Crippen LogP contribution >= 0.6 is 11.8 Å². The first-order valence-corrected chi connectivity index (χ1v) is 8.16. The van der Waals surface area contributed by atoms with E-state index in [0.717, 1.165) is 26.9 Å². The van der Waals surface area contributed by atoms with Crippen molar-refractivity contribution >= 4 is 28.5 Å². The van der Waals surface area contributed by atoms with Gasteiger partial charge < -0.3 is 5.11 Å². The monoisotopic (exact) mass is 323 g/mol. The van der Waals surface area contributed by atoms with Crippen LogP contribution in [0.5, 0.6) is 0 Å². The zero-order chi connectivity index (χ0) is 16.4. The molecule has 0 saturated carbocycles. The summed E-state index contributed by atoms with van der Waals surface area (Å²) >= 11 is 1.27. The van der Waals surface area contributed by atoms with E-state index in [-0.39, 0.29) is 0 Å². The summed E-state index contributed by atoms with van der Waals surface area (Å²) in [5.41, 5.74) is 2.03. The summed E-state index contributed by atoms with van der Waals surface area (Å²) in [7, 11) is 0. The van der Waals surface area contributed by atoms with E-state index in [1.54, 1.807) is 20.0 Å².